The zero-order chi connectivity index (χ0) is 26.8. The van der Waals surface area contributed by atoms with Gasteiger partial charge < -0.3 is 23.7 Å². The monoisotopic (exact) mass is 530 g/mol. The third-order valence-electron chi connectivity index (χ3n) is 7.61. The van der Waals surface area contributed by atoms with Crippen LogP contribution in [0.4, 0.5) is 4.39 Å². The van der Waals surface area contributed by atoms with Gasteiger partial charge in [-0.2, -0.15) is 0 Å². The van der Waals surface area contributed by atoms with Gasteiger partial charge >= 0.3 is 0 Å². The van der Waals surface area contributed by atoms with E-state index < -0.39 is 50.8 Å². The van der Waals surface area contributed by atoms with E-state index in [9.17, 15) is 5.11 Å². The van der Waals surface area contributed by atoms with Gasteiger partial charge in [0.1, 0.15) is 36.7 Å². The maximum Gasteiger partial charge on any atom is 0.261 e. The summed E-state index contributed by atoms with van der Waals surface area (Å²) in [6.07, 6.45) is -3.27. The minimum absolute atomic E-state index is 0.206. The van der Waals surface area contributed by atoms with Gasteiger partial charge in [0.05, 0.1) is 6.61 Å². The molecule has 2 aliphatic rings. The summed E-state index contributed by atoms with van der Waals surface area (Å²) in [5, 5.41) is 13.2. The largest absolute Gasteiger partial charge is 0.405 e. The molecule has 2 aromatic carbocycles. The van der Waals surface area contributed by atoms with Crippen molar-refractivity contribution >= 4 is 18.7 Å². The van der Waals surface area contributed by atoms with Crippen molar-refractivity contribution in [2.75, 3.05) is 6.61 Å². The van der Waals surface area contributed by atoms with Crippen molar-refractivity contribution in [3.05, 3.63) is 60.7 Å². The Labute approximate surface area is 222 Å². The molecule has 2 heterocycles. The van der Waals surface area contributed by atoms with Crippen LogP contribution in [0.15, 0.2) is 60.7 Å². The summed E-state index contributed by atoms with van der Waals surface area (Å²) in [4.78, 5) is 0. The quantitative estimate of drug-likeness (QED) is 0.475. The number of fused-ring (bicyclic) bond motifs is 1. The van der Waals surface area contributed by atoms with Crippen molar-refractivity contribution in [1.82, 2.24) is 0 Å². The fourth-order valence-electron chi connectivity index (χ4n) is 5.88. The van der Waals surface area contributed by atoms with E-state index in [0.717, 1.165) is 23.2 Å². The standard InChI is InChI=1S/C30H43FO5Si/c1-7-8-19-23(31)26-25(32)28-27(35-30(5,6)36-28)24(34-26)20-33-37(29(2,3)4,21-15-11-9-12-16-21)22-17-13-10-14-18-22/h9-18,23-28,32H,7-8,19-20H2,1-6H3/t23-,24+,25-,26-,27-,28+/m0/s1. The topological polar surface area (TPSA) is 57.2 Å². The van der Waals surface area contributed by atoms with Gasteiger partial charge in [-0.25, -0.2) is 4.39 Å². The van der Waals surface area contributed by atoms with Crippen molar-refractivity contribution in [1.29, 1.82) is 0 Å². The summed E-state index contributed by atoms with van der Waals surface area (Å²) in [6, 6.07) is 20.8. The molecule has 0 aliphatic carbocycles. The Morgan fingerprint density at radius 3 is 2.03 bits per heavy atom. The number of hydrogen-bond acceptors (Lipinski definition) is 5. The van der Waals surface area contributed by atoms with Gasteiger partial charge in [-0.15, -0.1) is 0 Å². The molecule has 0 unspecified atom stereocenters. The molecule has 2 aromatic rings. The molecule has 2 saturated heterocycles. The zero-order valence-electron chi connectivity index (χ0n) is 23.0. The summed E-state index contributed by atoms with van der Waals surface area (Å²) in [5.41, 5.74) is 0. The fourth-order valence-corrected chi connectivity index (χ4v) is 10.5. The maximum absolute atomic E-state index is 15.3. The van der Waals surface area contributed by atoms with E-state index in [1.54, 1.807) is 0 Å². The van der Waals surface area contributed by atoms with E-state index in [2.05, 4.69) is 45.0 Å². The molecule has 7 heteroatoms. The number of aliphatic hydroxyl groups is 1. The second kappa shape index (κ2) is 11.2. The molecule has 5 nitrogen and oxygen atoms in total. The number of alkyl halides is 1. The minimum Gasteiger partial charge on any atom is -0.405 e. The number of aliphatic hydroxyl groups excluding tert-OH is 1. The van der Waals surface area contributed by atoms with Crippen LogP contribution in [0, 0.1) is 0 Å². The van der Waals surface area contributed by atoms with Crippen molar-refractivity contribution in [2.45, 2.75) is 108 Å². The molecular weight excluding hydrogens is 487 g/mol. The van der Waals surface area contributed by atoms with Crippen LogP contribution in [0.3, 0.4) is 0 Å². The average molecular weight is 531 g/mol. The Balaban J connectivity index is 1.70. The molecule has 2 aliphatic heterocycles. The van der Waals surface area contributed by atoms with Crippen molar-refractivity contribution in [3.8, 4) is 0 Å². The number of halogens is 1. The van der Waals surface area contributed by atoms with Crippen LogP contribution in [0.1, 0.15) is 60.8 Å². The number of rotatable bonds is 9. The van der Waals surface area contributed by atoms with Crippen molar-refractivity contribution in [3.63, 3.8) is 0 Å². The first-order chi connectivity index (χ1) is 17.5. The summed E-state index contributed by atoms with van der Waals surface area (Å²) in [6.45, 7) is 12.5. The molecule has 1 N–H and O–H groups in total. The fraction of sp³-hybridized carbons (Fsp3) is 0.600. The minimum atomic E-state index is -2.83. The second-order valence-corrected chi connectivity index (χ2v) is 16.1. The van der Waals surface area contributed by atoms with E-state index in [1.165, 1.54) is 0 Å². The highest BCUT2D eigenvalue weighted by molar-refractivity contribution is 6.99. The lowest BCUT2D eigenvalue weighted by Crippen LogP contribution is -2.68. The third-order valence-corrected chi connectivity index (χ3v) is 12.6. The SMILES string of the molecule is CCCC[C@H](F)[C@@H]1O[C@H](CO[Si](c2ccccc2)(c2ccccc2)C(C)(C)C)[C@@H]2OC(C)(C)O[C@@H]2[C@H]1O. The van der Waals surface area contributed by atoms with E-state index in [0.29, 0.717) is 6.42 Å². The molecule has 0 aromatic heterocycles. The van der Waals surface area contributed by atoms with E-state index >= 15 is 4.39 Å². The smallest absolute Gasteiger partial charge is 0.261 e. The molecule has 37 heavy (non-hydrogen) atoms. The Morgan fingerprint density at radius 1 is 0.973 bits per heavy atom. The highest BCUT2D eigenvalue weighted by Gasteiger charge is 2.57. The van der Waals surface area contributed by atoms with E-state index in [1.807, 2.05) is 57.2 Å². The van der Waals surface area contributed by atoms with Crippen LogP contribution in [0.25, 0.3) is 0 Å². The normalized spacial score (nSPS) is 28.6. The van der Waals surface area contributed by atoms with Gasteiger partial charge in [-0.05, 0) is 35.7 Å². The zero-order valence-corrected chi connectivity index (χ0v) is 24.0. The predicted molar refractivity (Wildman–Crippen MR) is 146 cm³/mol. The van der Waals surface area contributed by atoms with Crippen LogP contribution in [0.2, 0.25) is 5.04 Å². The molecule has 6 atom stereocenters. The molecule has 0 saturated carbocycles. The van der Waals surface area contributed by atoms with Gasteiger partial charge in [0, 0.05) is 0 Å². The molecule has 4 rings (SSSR count). The Hall–Kier alpha value is -1.61. The summed E-state index contributed by atoms with van der Waals surface area (Å²) in [7, 11) is -2.83. The summed E-state index contributed by atoms with van der Waals surface area (Å²) < 4.78 is 41.0. The van der Waals surface area contributed by atoms with Crippen LogP contribution >= 0.6 is 0 Å². The third kappa shape index (κ3) is 5.72. The predicted octanol–water partition coefficient (Wildman–Crippen LogP) is 4.74. The highest BCUT2D eigenvalue weighted by Crippen LogP contribution is 2.41. The van der Waals surface area contributed by atoms with Crippen LogP contribution in [-0.2, 0) is 18.6 Å². The van der Waals surface area contributed by atoms with Crippen LogP contribution in [0.5, 0.6) is 0 Å². The molecule has 0 spiro atoms. The first kappa shape index (κ1) is 28.4. The van der Waals surface area contributed by atoms with Gasteiger partial charge in [0.2, 0.25) is 0 Å². The molecule has 0 radical (unpaired) electrons. The summed E-state index contributed by atoms with van der Waals surface area (Å²) in [5.74, 6) is -0.903. The average Bonchev–Trinajstić information content (AvgIpc) is 3.20. The first-order valence-corrected chi connectivity index (χ1v) is 15.5. The number of unbranched alkanes of at least 4 members (excludes halogenated alkanes) is 1. The Morgan fingerprint density at radius 2 is 1.51 bits per heavy atom. The van der Waals surface area contributed by atoms with Gasteiger partial charge in [0.15, 0.2) is 5.79 Å². The number of benzene rings is 2. The van der Waals surface area contributed by atoms with Gasteiger partial charge in [0.25, 0.3) is 8.32 Å². The molecular formula is C30H43FO5Si. The van der Waals surface area contributed by atoms with Gasteiger partial charge in [-0.3, -0.25) is 0 Å². The lowest BCUT2D eigenvalue weighted by molar-refractivity contribution is -0.211. The first-order valence-electron chi connectivity index (χ1n) is 13.6. The van der Waals surface area contributed by atoms with Crippen molar-refractivity contribution in [2.24, 2.45) is 0 Å². The number of ether oxygens (including phenoxy) is 3. The Kier molecular flexibility index (Phi) is 8.63. The van der Waals surface area contributed by atoms with E-state index in [-0.39, 0.29) is 11.6 Å². The van der Waals surface area contributed by atoms with E-state index in [4.69, 9.17) is 18.6 Å². The number of hydrogen-bond donors (Lipinski definition) is 1. The maximum atomic E-state index is 15.3. The molecule has 2 fully saturated rings. The van der Waals surface area contributed by atoms with Crippen LogP contribution in [-0.4, -0.2) is 62.5 Å². The van der Waals surface area contributed by atoms with Crippen molar-refractivity contribution < 1.29 is 28.1 Å². The summed E-state index contributed by atoms with van der Waals surface area (Å²) >= 11 is 0. The van der Waals surface area contributed by atoms with Gasteiger partial charge in [-0.1, -0.05) is 101 Å². The highest BCUT2D eigenvalue weighted by atomic mass is 28.4. The molecule has 0 amide bonds. The Bertz CT molecular complexity index is 957. The molecule has 0 bridgehead atoms. The van der Waals surface area contributed by atoms with Crippen LogP contribution < -0.4 is 10.4 Å². The molecule has 204 valence electrons. The lowest BCUT2D eigenvalue weighted by Gasteiger charge is -2.46. The second-order valence-electron chi connectivity index (χ2n) is 11.8. The lowest BCUT2D eigenvalue weighted by atomic mass is 9.91.